The average molecular weight is 210 g/mol. The number of rotatable bonds is 2. The quantitative estimate of drug-likeness (QED) is 0.748. The van der Waals surface area contributed by atoms with Gasteiger partial charge in [-0.05, 0) is 38.6 Å². The van der Waals surface area contributed by atoms with E-state index in [9.17, 15) is 4.79 Å². The lowest BCUT2D eigenvalue weighted by molar-refractivity contribution is -0.136. The maximum Gasteiger partial charge on any atom is 0.225 e. The van der Waals surface area contributed by atoms with E-state index in [1.165, 1.54) is 12.8 Å². The second-order valence-corrected chi connectivity index (χ2v) is 5.16. The minimum Gasteiger partial charge on any atom is -0.339 e. The van der Waals surface area contributed by atoms with Crippen molar-refractivity contribution in [2.45, 2.75) is 45.1 Å². The molecule has 2 unspecified atom stereocenters. The maximum atomic E-state index is 12.2. The Morgan fingerprint density at radius 3 is 2.60 bits per heavy atom. The molecule has 2 fully saturated rings. The molecule has 86 valence electrons. The van der Waals surface area contributed by atoms with E-state index in [1.54, 1.807) is 0 Å². The van der Waals surface area contributed by atoms with Crippen molar-refractivity contribution in [3.63, 3.8) is 0 Å². The molecule has 1 heterocycles. The van der Waals surface area contributed by atoms with Gasteiger partial charge in [-0.2, -0.15) is 0 Å². The Morgan fingerprint density at radius 1 is 1.40 bits per heavy atom. The van der Waals surface area contributed by atoms with Crippen molar-refractivity contribution >= 4 is 5.91 Å². The molecule has 0 radical (unpaired) electrons. The van der Waals surface area contributed by atoms with Gasteiger partial charge in [0, 0.05) is 18.5 Å². The first kappa shape index (κ1) is 10.9. The number of hydrogen-bond donors (Lipinski definition) is 1. The number of carbonyl (C=O) groups is 1. The Labute approximate surface area is 92.0 Å². The maximum absolute atomic E-state index is 12.2. The van der Waals surface area contributed by atoms with Crippen molar-refractivity contribution in [1.82, 2.24) is 4.90 Å². The van der Waals surface area contributed by atoms with Gasteiger partial charge in [-0.25, -0.2) is 0 Å². The minimum atomic E-state index is 0.323. The van der Waals surface area contributed by atoms with Crippen molar-refractivity contribution in [3.05, 3.63) is 0 Å². The molecule has 1 saturated carbocycles. The number of nitrogens with two attached hydrogens (primary N) is 1. The number of amides is 1. The molecule has 2 atom stereocenters. The Morgan fingerprint density at radius 2 is 2.07 bits per heavy atom. The summed E-state index contributed by atoms with van der Waals surface area (Å²) < 4.78 is 0. The molecule has 1 aliphatic carbocycles. The molecular formula is C12H22N2O. The summed E-state index contributed by atoms with van der Waals surface area (Å²) in [6.45, 7) is 3.77. The fourth-order valence-corrected chi connectivity index (χ4v) is 3.03. The number of carbonyl (C=O) groups excluding carboxylic acids is 1. The zero-order chi connectivity index (χ0) is 10.8. The number of hydrogen-bond acceptors (Lipinski definition) is 2. The zero-order valence-corrected chi connectivity index (χ0v) is 9.61. The van der Waals surface area contributed by atoms with Crippen LogP contribution in [0.4, 0.5) is 0 Å². The van der Waals surface area contributed by atoms with Crippen LogP contribution in [0.1, 0.15) is 39.0 Å². The summed E-state index contributed by atoms with van der Waals surface area (Å²) in [5, 5.41) is 0. The molecule has 1 amide bonds. The second-order valence-electron chi connectivity index (χ2n) is 5.16. The van der Waals surface area contributed by atoms with E-state index >= 15 is 0 Å². The lowest BCUT2D eigenvalue weighted by Crippen LogP contribution is -2.38. The van der Waals surface area contributed by atoms with Gasteiger partial charge in [0.1, 0.15) is 0 Å². The van der Waals surface area contributed by atoms with Crippen molar-refractivity contribution in [3.8, 4) is 0 Å². The smallest absolute Gasteiger partial charge is 0.225 e. The van der Waals surface area contributed by atoms with Gasteiger partial charge in [-0.1, -0.05) is 12.8 Å². The zero-order valence-electron chi connectivity index (χ0n) is 9.61. The van der Waals surface area contributed by atoms with Crippen LogP contribution >= 0.6 is 0 Å². The summed E-state index contributed by atoms with van der Waals surface area (Å²) in [6.07, 6.45) is 5.78. The summed E-state index contributed by atoms with van der Waals surface area (Å²) >= 11 is 0. The summed E-state index contributed by atoms with van der Waals surface area (Å²) in [7, 11) is 0. The number of likely N-dealkylation sites (tertiary alicyclic amines) is 1. The van der Waals surface area contributed by atoms with Gasteiger partial charge in [0.15, 0.2) is 0 Å². The molecule has 0 aromatic rings. The normalized spacial score (nSPS) is 32.5. The third-order valence-corrected chi connectivity index (χ3v) is 3.98. The minimum absolute atomic E-state index is 0.323. The Bertz CT molecular complexity index is 236. The highest BCUT2D eigenvalue weighted by molar-refractivity contribution is 5.79. The predicted molar refractivity (Wildman–Crippen MR) is 60.3 cm³/mol. The van der Waals surface area contributed by atoms with Crippen LogP contribution in [-0.4, -0.2) is 29.9 Å². The summed E-state index contributed by atoms with van der Waals surface area (Å²) in [5.74, 6) is 1.25. The van der Waals surface area contributed by atoms with Crippen molar-refractivity contribution in [1.29, 1.82) is 0 Å². The van der Waals surface area contributed by atoms with Crippen LogP contribution in [-0.2, 0) is 4.79 Å². The fraction of sp³-hybridized carbons (Fsp3) is 0.917. The highest BCUT2D eigenvalue weighted by atomic mass is 16.2. The topological polar surface area (TPSA) is 46.3 Å². The van der Waals surface area contributed by atoms with Gasteiger partial charge in [-0.15, -0.1) is 0 Å². The molecule has 0 aromatic carbocycles. The third kappa shape index (κ3) is 2.17. The predicted octanol–water partition coefficient (Wildman–Crippen LogP) is 1.37. The molecule has 15 heavy (non-hydrogen) atoms. The van der Waals surface area contributed by atoms with Crippen LogP contribution in [0, 0.1) is 11.8 Å². The van der Waals surface area contributed by atoms with E-state index < -0.39 is 0 Å². The molecule has 3 heteroatoms. The summed E-state index contributed by atoms with van der Waals surface area (Å²) in [6, 6.07) is 0.409. The van der Waals surface area contributed by atoms with Crippen molar-refractivity contribution < 1.29 is 4.79 Å². The van der Waals surface area contributed by atoms with E-state index in [2.05, 4.69) is 11.8 Å². The summed E-state index contributed by atoms with van der Waals surface area (Å²) in [4.78, 5) is 14.3. The highest BCUT2D eigenvalue weighted by Crippen LogP contribution is 2.30. The molecule has 2 aliphatic rings. The molecule has 1 aliphatic heterocycles. The second kappa shape index (κ2) is 4.52. The van der Waals surface area contributed by atoms with Crippen molar-refractivity contribution in [2.24, 2.45) is 17.6 Å². The molecule has 2 rings (SSSR count). The van der Waals surface area contributed by atoms with Gasteiger partial charge < -0.3 is 10.6 Å². The Kier molecular flexibility index (Phi) is 3.29. The van der Waals surface area contributed by atoms with Crippen LogP contribution in [0.15, 0.2) is 0 Å². The van der Waals surface area contributed by atoms with E-state index in [0.29, 0.717) is 23.8 Å². The Balaban J connectivity index is 1.95. The molecule has 0 spiro atoms. The lowest BCUT2D eigenvalue weighted by atomic mass is 10.1. The molecule has 2 N–H and O–H groups in total. The molecule has 0 bridgehead atoms. The van der Waals surface area contributed by atoms with E-state index in [0.717, 1.165) is 32.4 Å². The van der Waals surface area contributed by atoms with Gasteiger partial charge in [0.2, 0.25) is 5.91 Å². The van der Waals surface area contributed by atoms with Crippen LogP contribution in [0.5, 0.6) is 0 Å². The standard InChI is InChI=1S/C12H22N2O/c1-9-6-10(7-13)8-14(9)12(15)11-4-2-3-5-11/h9-11H,2-8,13H2,1H3. The first-order valence-corrected chi connectivity index (χ1v) is 6.23. The monoisotopic (exact) mass is 210 g/mol. The third-order valence-electron chi connectivity index (χ3n) is 3.98. The molecular weight excluding hydrogens is 188 g/mol. The first-order chi connectivity index (χ1) is 7.22. The van der Waals surface area contributed by atoms with Crippen molar-refractivity contribution in [2.75, 3.05) is 13.1 Å². The average Bonchev–Trinajstić information content (AvgIpc) is 2.85. The van der Waals surface area contributed by atoms with Gasteiger partial charge >= 0.3 is 0 Å². The lowest BCUT2D eigenvalue weighted by Gasteiger charge is -2.24. The van der Waals surface area contributed by atoms with Crippen LogP contribution < -0.4 is 5.73 Å². The van der Waals surface area contributed by atoms with Gasteiger partial charge in [-0.3, -0.25) is 4.79 Å². The fourth-order valence-electron chi connectivity index (χ4n) is 3.03. The van der Waals surface area contributed by atoms with Gasteiger partial charge in [0.25, 0.3) is 0 Å². The highest BCUT2D eigenvalue weighted by Gasteiger charge is 2.35. The summed E-state index contributed by atoms with van der Waals surface area (Å²) in [5.41, 5.74) is 5.67. The van der Waals surface area contributed by atoms with Crippen LogP contribution in [0.2, 0.25) is 0 Å². The van der Waals surface area contributed by atoms with Gasteiger partial charge in [0.05, 0.1) is 0 Å². The molecule has 3 nitrogen and oxygen atoms in total. The van der Waals surface area contributed by atoms with E-state index in [4.69, 9.17) is 5.73 Å². The largest absolute Gasteiger partial charge is 0.339 e. The number of nitrogens with zero attached hydrogens (tertiary/aromatic N) is 1. The first-order valence-electron chi connectivity index (χ1n) is 6.23. The Hall–Kier alpha value is -0.570. The molecule has 0 aromatic heterocycles. The van der Waals surface area contributed by atoms with E-state index in [-0.39, 0.29) is 0 Å². The van der Waals surface area contributed by atoms with E-state index in [1.807, 2.05) is 0 Å². The molecule has 1 saturated heterocycles. The van der Waals surface area contributed by atoms with Crippen LogP contribution in [0.25, 0.3) is 0 Å². The SMILES string of the molecule is CC1CC(CN)CN1C(=O)C1CCCC1. The van der Waals surface area contributed by atoms with Crippen LogP contribution in [0.3, 0.4) is 0 Å².